The first-order chi connectivity index (χ1) is 29.6. The van der Waals surface area contributed by atoms with Crippen LogP contribution in [0.4, 0.5) is 28.4 Å². The van der Waals surface area contributed by atoms with Gasteiger partial charge < -0.3 is 14.1 Å². The predicted molar refractivity (Wildman–Crippen MR) is 272 cm³/mol. The van der Waals surface area contributed by atoms with Gasteiger partial charge in [-0.3, -0.25) is 0 Å². The Bertz CT molecular complexity index is 3480. The molecule has 7 aromatic carbocycles. The lowest BCUT2D eigenvalue weighted by molar-refractivity contribution is 0.590. The summed E-state index contributed by atoms with van der Waals surface area (Å²) in [5, 5.41) is 6.18. The van der Waals surface area contributed by atoms with Gasteiger partial charge in [0, 0.05) is 68.4 Å². The molecule has 0 atom stereocenters. The van der Waals surface area contributed by atoms with Crippen molar-refractivity contribution in [3.8, 4) is 11.1 Å². The van der Waals surface area contributed by atoms with Gasteiger partial charge in [-0.1, -0.05) is 129 Å². The fourth-order valence-electron chi connectivity index (χ4n) is 10.1. The van der Waals surface area contributed by atoms with Crippen molar-refractivity contribution in [1.82, 2.24) is 0 Å². The summed E-state index contributed by atoms with van der Waals surface area (Å²) in [7, 11) is 0. The number of thiophene rings is 2. The van der Waals surface area contributed by atoms with Crippen LogP contribution in [-0.2, 0) is 16.2 Å². The summed E-state index contributed by atoms with van der Waals surface area (Å²) >= 11 is 3.85. The number of anilines is 5. The van der Waals surface area contributed by atoms with E-state index in [9.17, 15) is 0 Å². The highest BCUT2D eigenvalue weighted by Crippen LogP contribution is 2.54. The summed E-state index contributed by atoms with van der Waals surface area (Å²) in [6.45, 7) is 20.7. The molecule has 12 rings (SSSR count). The van der Waals surface area contributed by atoms with Gasteiger partial charge in [0.1, 0.15) is 5.58 Å². The molecule has 2 aliphatic heterocycles. The van der Waals surface area contributed by atoms with Crippen LogP contribution in [0.1, 0.15) is 79.0 Å². The fourth-order valence-corrected chi connectivity index (χ4v) is 12.5. The van der Waals surface area contributed by atoms with Crippen molar-refractivity contribution in [3.05, 3.63) is 150 Å². The lowest BCUT2D eigenvalue weighted by atomic mass is 9.46. The maximum absolute atomic E-state index is 7.18. The van der Waals surface area contributed by atoms with E-state index >= 15 is 0 Å². The summed E-state index contributed by atoms with van der Waals surface area (Å²) in [6.07, 6.45) is 0. The third-order valence-electron chi connectivity index (χ3n) is 13.5. The van der Waals surface area contributed by atoms with Crippen LogP contribution >= 0.6 is 22.7 Å². The normalized spacial score (nSPS) is 14.1. The van der Waals surface area contributed by atoms with Gasteiger partial charge >= 0.3 is 6.85 Å². The number of nitrogens with zero attached hydrogens (tertiary/aromatic N) is 2. The first-order valence-electron chi connectivity index (χ1n) is 21.9. The molecule has 304 valence electrons. The summed E-state index contributed by atoms with van der Waals surface area (Å²) in [5.74, 6) is 0. The zero-order valence-corrected chi connectivity index (χ0v) is 38.5. The van der Waals surface area contributed by atoms with Gasteiger partial charge in [-0.2, -0.15) is 0 Å². The molecule has 0 N–H and O–H groups in total. The van der Waals surface area contributed by atoms with Gasteiger partial charge in [0.05, 0.1) is 11.4 Å². The van der Waals surface area contributed by atoms with E-state index in [4.69, 9.17) is 4.42 Å². The van der Waals surface area contributed by atoms with Crippen LogP contribution in [0.3, 0.4) is 0 Å². The summed E-state index contributed by atoms with van der Waals surface area (Å²) in [4.78, 5) is 5.25. The fraction of sp³-hybridized carbons (Fsp3) is 0.214. The molecule has 0 fully saturated rings. The molecule has 0 saturated heterocycles. The number of para-hydroxylation sites is 1. The number of rotatable bonds is 2. The van der Waals surface area contributed by atoms with Gasteiger partial charge in [-0.15, -0.1) is 22.7 Å². The Morgan fingerprint density at radius 1 is 0.468 bits per heavy atom. The van der Waals surface area contributed by atoms with E-state index in [-0.39, 0.29) is 23.1 Å². The molecule has 62 heavy (non-hydrogen) atoms. The average Bonchev–Trinajstić information content (AvgIpc) is 3.93. The maximum Gasteiger partial charge on any atom is 0.343 e. The molecule has 0 spiro atoms. The Balaban J connectivity index is 1.27. The van der Waals surface area contributed by atoms with Crippen LogP contribution in [0.2, 0.25) is 0 Å². The summed E-state index contributed by atoms with van der Waals surface area (Å²) < 4.78 is 12.4. The van der Waals surface area contributed by atoms with Crippen LogP contribution in [0.5, 0.6) is 0 Å². The van der Waals surface area contributed by atoms with Gasteiger partial charge in [-0.25, -0.2) is 0 Å². The Morgan fingerprint density at radius 2 is 1.06 bits per heavy atom. The molecule has 2 aliphatic rings. The van der Waals surface area contributed by atoms with Crippen molar-refractivity contribution in [1.29, 1.82) is 0 Å². The number of furan rings is 1. The summed E-state index contributed by atoms with van der Waals surface area (Å²) in [5.41, 5.74) is 15.6. The zero-order valence-electron chi connectivity index (χ0n) is 36.9. The first-order valence-corrected chi connectivity index (χ1v) is 23.6. The second-order valence-electron chi connectivity index (χ2n) is 20.6. The molecule has 0 radical (unpaired) electrons. The Labute approximate surface area is 372 Å². The molecular weight excluding hydrogens is 792 g/mol. The number of fused-ring (bicyclic) bond motifs is 13. The second kappa shape index (κ2) is 12.9. The van der Waals surface area contributed by atoms with Crippen molar-refractivity contribution in [2.24, 2.45) is 0 Å². The third kappa shape index (κ3) is 5.48. The van der Waals surface area contributed by atoms with E-state index in [1.165, 1.54) is 85.4 Å². The van der Waals surface area contributed by atoms with E-state index in [1.807, 2.05) is 22.7 Å². The van der Waals surface area contributed by atoms with Crippen LogP contribution in [0, 0.1) is 0 Å². The van der Waals surface area contributed by atoms with Crippen LogP contribution < -0.4 is 20.0 Å². The second-order valence-corrected chi connectivity index (χ2v) is 22.8. The van der Waals surface area contributed by atoms with Crippen LogP contribution in [0.25, 0.3) is 63.3 Å². The Morgan fingerprint density at radius 3 is 1.76 bits per heavy atom. The van der Waals surface area contributed by atoms with Crippen molar-refractivity contribution in [3.63, 3.8) is 0 Å². The molecule has 10 aromatic rings. The molecular formula is C56H49BN2OS2. The molecule has 3 aromatic heterocycles. The Hall–Kier alpha value is -5.82. The lowest BCUT2D eigenvalue weighted by Gasteiger charge is -2.44. The average molecular weight is 841 g/mol. The molecule has 6 heteroatoms. The van der Waals surface area contributed by atoms with Crippen molar-refractivity contribution >= 4 is 120 Å². The van der Waals surface area contributed by atoms with E-state index < -0.39 is 0 Å². The minimum Gasteiger partial charge on any atom is -0.454 e. The molecule has 3 nitrogen and oxygen atoms in total. The Kier molecular flexibility index (Phi) is 7.87. The zero-order chi connectivity index (χ0) is 42.6. The number of hydrogen-bond donors (Lipinski definition) is 0. The predicted octanol–water partition coefficient (Wildman–Crippen LogP) is 15.8. The minimum atomic E-state index is -0.118. The monoisotopic (exact) mass is 840 g/mol. The topological polar surface area (TPSA) is 19.6 Å². The lowest BCUT2D eigenvalue weighted by Crippen LogP contribution is -2.60. The van der Waals surface area contributed by atoms with Gasteiger partial charge in [0.15, 0.2) is 5.58 Å². The van der Waals surface area contributed by atoms with Crippen molar-refractivity contribution < 1.29 is 4.42 Å². The van der Waals surface area contributed by atoms with E-state index in [0.29, 0.717) is 0 Å². The highest BCUT2D eigenvalue weighted by molar-refractivity contribution is 7.32. The number of hydrogen-bond acceptors (Lipinski definition) is 5. The standard InChI is InChI=1S/C56H49BN2OS2/c1-54(2,3)32-18-23-35(24-19-32)58-50-43-28-34(56(7,8)9)22-27-47(43)62-53(50)57-49-41(30-42-37-14-10-12-16-45(37)60-52(42)51(49)58)39-29-40-38-15-11-13-17-46(38)61-48(40)31-44(39)59(57)36-25-20-33(21-26-36)55(4,5)6/h10-31H,1-9H3. The SMILES string of the molecule is CC(C)(C)c1ccc(N2B3c4sc5ccc(C(C)(C)C)cc5c4N(c4ccc(C(C)(C)C)cc4)c4c3c(cc3c4oc4ccccc43)-c3cc4c(cc32)sc2ccccc24)cc1. The molecule has 0 aliphatic carbocycles. The molecule has 0 amide bonds. The van der Waals surface area contributed by atoms with E-state index in [2.05, 4.69) is 205 Å². The summed E-state index contributed by atoms with van der Waals surface area (Å²) in [6, 6.07) is 50.9. The quantitative estimate of drug-likeness (QED) is 0.162. The van der Waals surface area contributed by atoms with E-state index in [1.54, 1.807) is 0 Å². The molecule has 0 bridgehead atoms. The number of benzene rings is 7. The third-order valence-corrected chi connectivity index (χ3v) is 15.9. The molecule has 0 saturated carbocycles. The van der Waals surface area contributed by atoms with Crippen molar-refractivity contribution in [2.75, 3.05) is 9.71 Å². The van der Waals surface area contributed by atoms with E-state index in [0.717, 1.165) is 33.3 Å². The highest BCUT2D eigenvalue weighted by Gasteiger charge is 2.49. The minimum absolute atomic E-state index is 0.0197. The maximum atomic E-state index is 7.18. The van der Waals surface area contributed by atoms with Gasteiger partial charge in [-0.05, 0) is 111 Å². The largest absolute Gasteiger partial charge is 0.454 e. The van der Waals surface area contributed by atoms with Crippen LogP contribution in [0.15, 0.2) is 138 Å². The van der Waals surface area contributed by atoms with Gasteiger partial charge in [0.25, 0.3) is 0 Å². The molecule has 5 heterocycles. The van der Waals surface area contributed by atoms with Gasteiger partial charge in [0.2, 0.25) is 0 Å². The first kappa shape index (κ1) is 37.9. The van der Waals surface area contributed by atoms with Crippen molar-refractivity contribution in [2.45, 2.75) is 78.6 Å². The van der Waals surface area contributed by atoms with Crippen LogP contribution in [-0.4, -0.2) is 6.85 Å². The smallest absolute Gasteiger partial charge is 0.343 e. The highest BCUT2D eigenvalue weighted by atomic mass is 32.1. The molecule has 0 unspecified atom stereocenters.